The van der Waals surface area contributed by atoms with Gasteiger partial charge in [-0.1, -0.05) is 12.1 Å². The number of methoxy groups -OCH3 is 1. The van der Waals surface area contributed by atoms with Crippen LogP contribution < -0.4 is 10.2 Å². The number of benzene rings is 1. The first kappa shape index (κ1) is 12.0. The molecular weight excluding hydrogens is 244 g/mol. The Morgan fingerprint density at radius 3 is 3.00 bits per heavy atom. The molecule has 2 aliphatic rings. The third kappa shape index (κ3) is 1.95. The molecule has 0 unspecified atom stereocenters. The number of para-hydroxylation sites is 2. The molecule has 1 aromatic rings. The van der Waals surface area contributed by atoms with E-state index in [1.54, 1.807) is 0 Å². The minimum Gasteiger partial charge on any atom is -0.469 e. The van der Waals surface area contributed by atoms with Gasteiger partial charge in [-0.2, -0.15) is 0 Å². The van der Waals surface area contributed by atoms with Gasteiger partial charge in [-0.15, -0.1) is 0 Å². The summed E-state index contributed by atoms with van der Waals surface area (Å²) in [7, 11) is 1.39. The van der Waals surface area contributed by atoms with E-state index >= 15 is 0 Å². The summed E-state index contributed by atoms with van der Waals surface area (Å²) in [5, 5.41) is 2.90. The van der Waals surface area contributed by atoms with Crippen molar-refractivity contribution in [3.63, 3.8) is 0 Å². The molecule has 5 nitrogen and oxygen atoms in total. The summed E-state index contributed by atoms with van der Waals surface area (Å²) in [6.07, 6.45) is 1.25. The standard InChI is InChI=1S/C14H16N2O3/c1-19-14(18)9-6-7-16-11-5-3-2-4-10(11)15-13(17)12(16)8-9/h2-5,9,12H,6-8H2,1H3,(H,15,17)/t9-,12+/m1/s1. The molecule has 0 aromatic heterocycles. The zero-order chi connectivity index (χ0) is 13.4. The van der Waals surface area contributed by atoms with Crippen LogP contribution in [0, 0.1) is 5.92 Å². The number of esters is 1. The van der Waals surface area contributed by atoms with Crippen LogP contribution in [0.15, 0.2) is 24.3 Å². The summed E-state index contributed by atoms with van der Waals surface area (Å²) in [4.78, 5) is 25.9. The van der Waals surface area contributed by atoms with E-state index in [4.69, 9.17) is 4.74 Å². The summed E-state index contributed by atoms with van der Waals surface area (Å²) in [5.41, 5.74) is 1.88. The van der Waals surface area contributed by atoms with Crippen LogP contribution in [0.3, 0.4) is 0 Å². The Hall–Kier alpha value is -2.04. The van der Waals surface area contributed by atoms with E-state index in [9.17, 15) is 9.59 Å². The summed E-state index contributed by atoms with van der Waals surface area (Å²) in [6.45, 7) is 0.703. The number of hydrogen-bond acceptors (Lipinski definition) is 4. The van der Waals surface area contributed by atoms with E-state index < -0.39 is 0 Å². The number of nitrogens with zero attached hydrogens (tertiary/aromatic N) is 1. The van der Waals surface area contributed by atoms with Gasteiger partial charge in [-0.05, 0) is 25.0 Å². The smallest absolute Gasteiger partial charge is 0.308 e. The third-order valence-electron chi connectivity index (χ3n) is 3.91. The van der Waals surface area contributed by atoms with Gasteiger partial charge < -0.3 is 15.0 Å². The van der Waals surface area contributed by atoms with Crippen LogP contribution in [0.5, 0.6) is 0 Å². The molecule has 1 N–H and O–H groups in total. The van der Waals surface area contributed by atoms with Gasteiger partial charge in [0.1, 0.15) is 6.04 Å². The van der Waals surface area contributed by atoms with E-state index in [2.05, 4.69) is 10.2 Å². The van der Waals surface area contributed by atoms with E-state index in [1.165, 1.54) is 7.11 Å². The number of piperidine rings is 1. The molecule has 100 valence electrons. The number of rotatable bonds is 1. The number of carbonyl (C=O) groups is 2. The molecule has 1 aromatic carbocycles. The van der Waals surface area contributed by atoms with Crippen molar-refractivity contribution >= 4 is 23.3 Å². The van der Waals surface area contributed by atoms with Gasteiger partial charge in [0.2, 0.25) is 5.91 Å². The van der Waals surface area contributed by atoms with Crippen molar-refractivity contribution in [1.82, 2.24) is 0 Å². The average Bonchev–Trinajstić information content (AvgIpc) is 2.46. The molecule has 2 aliphatic heterocycles. The first-order chi connectivity index (χ1) is 9.20. The van der Waals surface area contributed by atoms with E-state index in [0.717, 1.165) is 17.8 Å². The second kappa shape index (κ2) is 4.57. The van der Waals surface area contributed by atoms with Crippen LogP contribution in [-0.4, -0.2) is 31.6 Å². The second-order valence-electron chi connectivity index (χ2n) is 4.96. The van der Waals surface area contributed by atoms with Crippen LogP contribution in [0.4, 0.5) is 11.4 Å². The fourth-order valence-electron chi connectivity index (χ4n) is 2.93. The first-order valence-corrected chi connectivity index (χ1v) is 6.45. The van der Waals surface area contributed by atoms with Crippen molar-refractivity contribution in [2.24, 2.45) is 5.92 Å². The Morgan fingerprint density at radius 1 is 1.42 bits per heavy atom. The van der Waals surface area contributed by atoms with Gasteiger partial charge in [0.15, 0.2) is 0 Å². The van der Waals surface area contributed by atoms with Crippen LogP contribution in [0.1, 0.15) is 12.8 Å². The fourth-order valence-corrected chi connectivity index (χ4v) is 2.93. The predicted molar refractivity (Wildman–Crippen MR) is 70.9 cm³/mol. The number of hydrogen-bond donors (Lipinski definition) is 1. The van der Waals surface area contributed by atoms with Crippen molar-refractivity contribution in [3.8, 4) is 0 Å². The molecule has 19 heavy (non-hydrogen) atoms. The normalized spacial score (nSPS) is 25.1. The maximum Gasteiger partial charge on any atom is 0.308 e. The molecule has 3 rings (SSSR count). The summed E-state index contributed by atoms with van der Waals surface area (Å²) < 4.78 is 4.78. The first-order valence-electron chi connectivity index (χ1n) is 6.45. The number of nitrogens with one attached hydrogen (secondary N) is 1. The molecule has 0 saturated carbocycles. The molecule has 0 spiro atoms. The molecular formula is C14H16N2O3. The van der Waals surface area contributed by atoms with Gasteiger partial charge in [-0.3, -0.25) is 9.59 Å². The molecule has 0 bridgehead atoms. The minimum absolute atomic E-state index is 0.0349. The average molecular weight is 260 g/mol. The molecule has 2 atom stereocenters. The van der Waals surface area contributed by atoms with Crippen molar-refractivity contribution < 1.29 is 14.3 Å². The maximum absolute atomic E-state index is 12.1. The van der Waals surface area contributed by atoms with Gasteiger partial charge in [0, 0.05) is 6.54 Å². The summed E-state index contributed by atoms with van der Waals surface area (Å²) in [6, 6.07) is 7.49. The monoisotopic (exact) mass is 260 g/mol. The highest BCUT2D eigenvalue weighted by atomic mass is 16.5. The third-order valence-corrected chi connectivity index (χ3v) is 3.91. The van der Waals surface area contributed by atoms with Crippen molar-refractivity contribution in [1.29, 1.82) is 0 Å². The fraction of sp³-hybridized carbons (Fsp3) is 0.429. The number of carbonyl (C=O) groups excluding carboxylic acids is 2. The molecule has 0 radical (unpaired) electrons. The van der Waals surface area contributed by atoms with E-state index in [-0.39, 0.29) is 23.8 Å². The van der Waals surface area contributed by atoms with E-state index in [1.807, 2.05) is 24.3 Å². The van der Waals surface area contributed by atoms with Gasteiger partial charge in [-0.25, -0.2) is 0 Å². The molecule has 2 heterocycles. The Labute approximate surface area is 111 Å². The number of ether oxygens (including phenoxy) is 1. The highest BCUT2D eigenvalue weighted by Crippen LogP contribution is 2.37. The topological polar surface area (TPSA) is 58.6 Å². The zero-order valence-electron chi connectivity index (χ0n) is 10.8. The quantitative estimate of drug-likeness (QED) is 0.775. The predicted octanol–water partition coefficient (Wildman–Crippen LogP) is 1.40. The van der Waals surface area contributed by atoms with Gasteiger partial charge >= 0.3 is 5.97 Å². The molecule has 1 saturated heterocycles. The van der Waals surface area contributed by atoms with Crippen molar-refractivity contribution in [3.05, 3.63) is 24.3 Å². The van der Waals surface area contributed by atoms with Crippen LogP contribution >= 0.6 is 0 Å². The lowest BCUT2D eigenvalue weighted by Gasteiger charge is -2.42. The maximum atomic E-state index is 12.1. The Balaban J connectivity index is 1.88. The lowest BCUT2D eigenvalue weighted by atomic mass is 9.88. The number of fused-ring (bicyclic) bond motifs is 3. The van der Waals surface area contributed by atoms with Crippen LogP contribution in [0.25, 0.3) is 0 Å². The summed E-state index contributed by atoms with van der Waals surface area (Å²) >= 11 is 0. The SMILES string of the molecule is COC(=O)[C@@H]1CCN2c3ccccc3NC(=O)[C@@H]2C1. The zero-order valence-corrected chi connectivity index (χ0v) is 10.8. The Morgan fingerprint density at radius 2 is 2.21 bits per heavy atom. The molecule has 1 amide bonds. The van der Waals surface area contributed by atoms with E-state index in [0.29, 0.717) is 13.0 Å². The molecule has 1 fully saturated rings. The number of anilines is 2. The van der Waals surface area contributed by atoms with Crippen LogP contribution in [-0.2, 0) is 14.3 Å². The Kier molecular flexibility index (Phi) is 2.89. The van der Waals surface area contributed by atoms with Crippen LogP contribution in [0.2, 0.25) is 0 Å². The molecule has 5 heteroatoms. The minimum atomic E-state index is -0.271. The van der Waals surface area contributed by atoms with Crippen molar-refractivity contribution in [2.45, 2.75) is 18.9 Å². The second-order valence-corrected chi connectivity index (χ2v) is 4.96. The highest BCUT2D eigenvalue weighted by molar-refractivity contribution is 6.04. The highest BCUT2D eigenvalue weighted by Gasteiger charge is 2.40. The largest absolute Gasteiger partial charge is 0.469 e. The Bertz CT molecular complexity index is 529. The van der Waals surface area contributed by atoms with Gasteiger partial charge in [0.05, 0.1) is 24.4 Å². The lowest BCUT2D eigenvalue weighted by Crippen LogP contribution is -2.53. The summed E-state index contributed by atoms with van der Waals surface area (Å²) in [5.74, 6) is -0.430. The molecule has 0 aliphatic carbocycles. The lowest BCUT2D eigenvalue weighted by molar-refractivity contribution is -0.146. The number of amides is 1. The van der Waals surface area contributed by atoms with Gasteiger partial charge in [0.25, 0.3) is 0 Å². The van der Waals surface area contributed by atoms with Crippen molar-refractivity contribution in [2.75, 3.05) is 23.9 Å².